The molecule has 24 heavy (non-hydrogen) atoms. The van der Waals surface area contributed by atoms with E-state index in [1.165, 1.54) is 0 Å². The van der Waals surface area contributed by atoms with Gasteiger partial charge in [-0.3, -0.25) is 9.69 Å². The van der Waals surface area contributed by atoms with Gasteiger partial charge in [0.05, 0.1) is 4.95 Å². The van der Waals surface area contributed by atoms with Crippen LogP contribution in [0.5, 0.6) is 0 Å². The summed E-state index contributed by atoms with van der Waals surface area (Å²) in [5.74, 6) is -0.539. The maximum atomic E-state index is 12.9. The lowest BCUT2D eigenvalue weighted by Crippen LogP contribution is -2.40. The molecule has 2 aromatic carbocycles. The van der Waals surface area contributed by atoms with E-state index in [9.17, 15) is 4.79 Å². The normalized spacial score (nSPS) is 21.6. The van der Waals surface area contributed by atoms with Crippen LogP contribution >= 0.6 is 15.9 Å². The lowest BCUT2D eigenvalue weighted by atomic mass is 9.91. The first-order chi connectivity index (χ1) is 11.6. The molecule has 0 radical (unpaired) electrons. The van der Waals surface area contributed by atoms with Gasteiger partial charge in [0, 0.05) is 13.0 Å². The zero-order valence-electron chi connectivity index (χ0n) is 13.8. The molecule has 0 saturated carbocycles. The fourth-order valence-electron chi connectivity index (χ4n) is 3.10. The van der Waals surface area contributed by atoms with E-state index in [2.05, 4.69) is 27.9 Å². The third kappa shape index (κ3) is 4.05. The van der Waals surface area contributed by atoms with Crippen molar-refractivity contribution in [2.45, 2.75) is 29.8 Å². The first-order valence-corrected chi connectivity index (χ1v) is 9.21. The van der Waals surface area contributed by atoms with Crippen LogP contribution < -0.4 is 0 Å². The number of hydrogen-bond donors (Lipinski definition) is 0. The van der Waals surface area contributed by atoms with Gasteiger partial charge in [-0.2, -0.15) is 0 Å². The average Bonchev–Trinajstić information content (AvgIpc) is 2.60. The zero-order chi connectivity index (χ0) is 16.9. The van der Waals surface area contributed by atoms with Gasteiger partial charge >= 0.3 is 5.97 Å². The summed E-state index contributed by atoms with van der Waals surface area (Å²) in [4.78, 5) is 15.4. The Hall–Kier alpha value is -1.65. The van der Waals surface area contributed by atoms with E-state index in [1.54, 1.807) is 0 Å². The minimum absolute atomic E-state index is 0.0343. The minimum Gasteiger partial charge on any atom is -0.462 e. The largest absolute Gasteiger partial charge is 0.462 e. The fourth-order valence-corrected chi connectivity index (χ4v) is 3.72. The van der Waals surface area contributed by atoms with Crippen LogP contribution in [0.15, 0.2) is 60.7 Å². The van der Waals surface area contributed by atoms with Crippen LogP contribution in [0.3, 0.4) is 0 Å². The van der Waals surface area contributed by atoms with Gasteiger partial charge in [-0.25, -0.2) is 0 Å². The van der Waals surface area contributed by atoms with Crippen molar-refractivity contribution in [3.05, 3.63) is 71.8 Å². The monoisotopic (exact) mass is 387 g/mol. The highest BCUT2D eigenvalue weighted by Gasteiger charge is 2.30. The molecule has 1 aliphatic rings. The Morgan fingerprint density at radius 1 is 1.08 bits per heavy atom. The molecule has 0 amide bonds. The molecule has 2 aromatic rings. The van der Waals surface area contributed by atoms with Gasteiger partial charge in [-0.15, -0.1) is 0 Å². The van der Waals surface area contributed by atoms with Crippen molar-refractivity contribution in [1.82, 2.24) is 4.90 Å². The molecule has 4 heteroatoms. The third-order valence-corrected chi connectivity index (χ3v) is 5.60. The molecular weight excluding hydrogens is 366 g/mol. The summed E-state index contributed by atoms with van der Waals surface area (Å²) in [6.07, 6.45) is 1.66. The maximum absolute atomic E-state index is 12.9. The third-order valence-electron chi connectivity index (χ3n) is 4.52. The summed E-state index contributed by atoms with van der Waals surface area (Å²) in [6.45, 7) is 0.926. The van der Waals surface area contributed by atoms with Crippen molar-refractivity contribution in [3.63, 3.8) is 0 Å². The second kappa shape index (κ2) is 7.95. The smallest absolute Gasteiger partial charge is 0.318 e. The molecule has 1 heterocycles. The Morgan fingerprint density at radius 2 is 1.62 bits per heavy atom. The molecule has 1 saturated heterocycles. The topological polar surface area (TPSA) is 29.5 Å². The molecule has 0 bridgehead atoms. The number of likely N-dealkylation sites (tertiary alicyclic amines) is 1. The molecule has 0 N–H and O–H groups in total. The number of carbonyl (C=O) groups excluding carboxylic acids is 1. The van der Waals surface area contributed by atoms with E-state index in [0.717, 1.165) is 30.5 Å². The van der Waals surface area contributed by atoms with Crippen molar-refractivity contribution in [1.29, 1.82) is 0 Å². The van der Waals surface area contributed by atoms with Crippen LogP contribution in [-0.2, 0) is 9.53 Å². The van der Waals surface area contributed by atoms with Crippen LogP contribution in [0, 0.1) is 0 Å². The number of rotatable bonds is 4. The highest BCUT2D eigenvalue weighted by atomic mass is 79.9. The number of benzene rings is 2. The molecule has 3 nitrogen and oxygen atoms in total. The van der Waals surface area contributed by atoms with Gasteiger partial charge < -0.3 is 4.74 Å². The second-order valence-electron chi connectivity index (χ2n) is 6.25. The van der Waals surface area contributed by atoms with Gasteiger partial charge in [0.25, 0.3) is 0 Å². The summed E-state index contributed by atoms with van der Waals surface area (Å²) in [5, 5.41) is 0. The van der Waals surface area contributed by atoms with Gasteiger partial charge in [0.15, 0.2) is 0 Å². The average molecular weight is 388 g/mol. The number of ether oxygens (including phenoxy) is 1. The summed E-state index contributed by atoms with van der Waals surface area (Å²) in [7, 11) is 2.08. The van der Waals surface area contributed by atoms with Gasteiger partial charge in [0.1, 0.15) is 12.0 Å². The number of hydrogen-bond acceptors (Lipinski definition) is 3. The predicted molar refractivity (Wildman–Crippen MR) is 99.2 cm³/mol. The molecule has 1 aliphatic heterocycles. The number of carbonyl (C=O) groups is 1. The first kappa shape index (κ1) is 17.2. The highest BCUT2D eigenvalue weighted by Crippen LogP contribution is 2.29. The SMILES string of the molecule is CN1CCC(OC(=O)C(c2ccccc2)c2ccccc2)CC1Br. The summed E-state index contributed by atoms with van der Waals surface area (Å²) in [6, 6.07) is 19.7. The van der Waals surface area contributed by atoms with Gasteiger partial charge in [-0.05, 0) is 24.6 Å². The summed E-state index contributed by atoms with van der Waals surface area (Å²) >= 11 is 3.65. The summed E-state index contributed by atoms with van der Waals surface area (Å²) < 4.78 is 5.89. The van der Waals surface area contributed by atoms with Crippen molar-refractivity contribution >= 4 is 21.9 Å². The Morgan fingerprint density at radius 3 is 2.12 bits per heavy atom. The van der Waals surface area contributed by atoms with Crippen molar-refractivity contribution < 1.29 is 9.53 Å². The number of piperidine rings is 1. The molecule has 1 fully saturated rings. The quantitative estimate of drug-likeness (QED) is 0.447. The number of alkyl halides is 1. The first-order valence-electron chi connectivity index (χ1n) is 8.30. The van der Waals surface area contributed by atoms with E-state index in [4.69, 9.17) is 4.74 Å². The Balaban J connectivity index is 1.80. The van der Waals surface area contributed by atoms with E-state index in [1.807, 2.05) is 60.7 Å². The minimum atomic E-state index is -0.374. The van der Waals surface area contributed by atoms with Gasteiger partial charge in [0.2, 0.25) is 0 Å². The number of halogens is 1. The van der Waals surface area contributed by atoms with Crippen LogP contribution in [0.2, 0.25) is 0 Å². The Labute approximate surface area is 151 Å². The van der Waals surface area contributed by atoms with Crippen LogP contribution in [0.25, 0.3) is 0 Å². The van der Waals surface area contributed by atoms with E-state index < -0.39 is 0 Å². The van der Waals surface area contributed by atoms with Crippen LogP contribution in [0.4, 0.5) is 0 Å². The molecule has 0 aliphatic carbocycles. The molecule has 0 aromatic heterocycles. The maximum Gasteiger partial charge on any atom is 0.318 e. The Bertz CT molecular complexity index is 622. The zero-order valence-corrected chi connectivity index (χ0v) is 15.4. The van der Waals surface area contributed by atoms with E-state index in [-0.39, 0.29) is 22.9 Å². The van der Waals surface area contributed by atoms with Gasteiger partial charge in [-0.1, -0.05) is 76.6 Å². The Kier molecular flexibility index (Phi) is 5.69. The van der Waals surface area contributed by atoms with Crippen molar-refractivity contribution in [3.8, 4) is 0 Å². The van der Waals surface area contributed by atoms with E-state index in [0.29, 0.717) is 0 Å². The van der Waals surface area contributed by atoms with Crippen LogP contribution in [0.1, 0.15) is 29.9 Å². The second-order valence-corrected chi connectivity index (χ2v) is 7.31. The number of esters is 1. The highest BCUT2D eigenvalue weighted by molar-refractivity contribution is 9.09. The molecule has 0 spiro atoms. The van der Waals surface area contributed by atoms with Crippen LogP contribution in [-0.4, -0.2) is 35.5 Å². The fraction of sp³-hybridized carbons (Fsp3) is 0.350. The van der Waals surface area contributed by atoms with Crippen molar-refractivity contribution in [2.24, 2.45) is 0 Å². The van der Waals surface area contributed by atoms with Crippen molar-refractivity contribution in [2.75, 3.05) is 13.6 Å². The number of nitrogens with zero attached hydrogens (tertiary/aromatic N) is 1. The summed E-state index contributed by atoms with van der Waals surface area (Å²) in [5.41, 5.74) is 1.94. The molecule has 2 unspecified atom stereocenters. The standard InChI is InChI=1S/C20H22BrNO2/c1-22-13-12-17(14-18(22)21)24-20(23)19(15-8-4-2-5-9-15)16-10-6-3-7-11-16/h2-11,17-19H,12-14H2,1H3. The molecule has 3 rings (SSSR count). The lowest BCUT2D eigenvalue weighted by Gasteiger charge is -2.34. The predicted octanol–water partition coefficient (Wildman–Crippen LogP) is 4.18. The molecule has 126 valence electrons. The lowest BCUT2D eigenvalue weighted by molar-refractivity contribution is -0.152. The molecule has 2 atom stereocenters. The molecular formula is C20H22BrNO2. The van der Waals surface area contributed by atoms with E-state index >= 15 is 0 Å².